The second-order valence-corrected chi connectivity index (χ2v) is 11.6. The molecule has 1 rings (SSSR count). The van der Waals surface area contributed by atoms with Gasteiger partial charge in [-0.25, -0.2) is 0 Å². The standard InChI is InChI=1S/C31H57NO/c1-7-8-9-10-11-12-13-14-15-16-17-18-19-20-21-22-23-28(32)29-25(2)24-27(31(4,5)6)30(33)26(29)3/h24,28,33H,7-23,32H2,1-6H3. The zero-order chi connectivity index (χ0) is 24.7. The van der Waals surface area contributed by atoms with Gasteiger partial charge in [-0.3, -0.25) is 0 Å². The van der Waals surface area contributed by atoms with Crippen LogP contribution in [0.2, 0.25) is 0 Å². The quantitative estimate of drug-likeness (QED) is 0.214. The molecule has 192 valence electrons. The lowest BCUT2D eigenvalue weighted by Crippen LogP contribution is -2.17. The van der Waals surface area contributed by atoms with Gasteiger partial charge in [-0.15, -0.1) is 0 Å². The third kappa shape index (κ3) is 11.8. The molecule has 0 saturated carbocycles. The molecule has 0 aromatic heterocycles. The number of rotatable bonds is 18. The van der Waals surface area contributed by atoms with Crippen LogP contribution in [0.5, 0.6) is 5.75 Å². The SMILES string of the molecule is CCCCCCCCCCCCCCCCCCC(N)c1c(C)cc(C(C)(C)C)c(O)c1C. The van der Waals surface area contributed by atoms with Gasteiger partial charge in [0.15, 0.2) is 0 Å². The van der Waals surface area contributed by atoms with Crippen LogP contribution >= 0.6 is 0 Å². The van der Waals surface area contributed by atoms with E-state index in [2.05, 4.69) is 40.7 Å². The summed E-state index contributed by atoms with van der Waals surface area (Å²) in [6.07, 6.45) is 23.3. The summed E-state index contributed by atoms with van der Waals surface area (Å²) >= 11 is 0. The lowest BCUT2D eigenvalue weighted by atomic mass is 9.81. The molecule has 33 heavy (non-hydrogen) atoms. The van der Waals surface area contributed by atoms with Gasteiger partial charge in [-0.1, -0.05) is 136 Å². The first-order chi connectivity index (χ1) is 15.7. The molecule has 3 N–H and O–H groups in total. The Hall–Kier alpha value is -1.02. The normalized spacial score (nSPS) is 12.9. The Kier molecular flexibility index (Phi) is 15.1. The summed E-state index contributed by atoms with van der Waals surface area (Å²) in [7, 11) is 0. The molecule has 0 spiro atoms. The minimum Gasteiger partial charge on any atom is -0.507 e. The minimum absolute atomic E-state index is 0.0246. The van der Waals surface area contributed by atoms with E-state index < -0.39 is 0 Å². The predicted molar refractivity (Wildman–Crippen MR) is 147 cm³/mol. The Morgan fingerprint density at radius 2 is 1.12 bits per heavy atom. The van der Waals surface area contributed by atoms with E-state index in [0.717, 1.165) is 23.1 Å². The first kappa shape index (κ1) is 30.0. The number of nitrogens with two attached hydrogens (primary N) is 1. The van der Waals surface area contributed by atoms with Crippen LogP contribution in [0.3, 0.4) is 0 Å². The molecule has 0 radical (unpaired) electrons. The summed E-state index contributed by atoms with van der Waals surface area (Å²) in [5.41, 5.74) is 10.9. The Morgan fingerprint density at radius 1 is 0.727 bits per heavy atom. The number of hydrogen-bond donors (Lipinski definition) is 2. The van der Waals surface area contributed by atoms with E-state index >= 15 is 0 Å². The van der Waals surface area contributed by atoms with Crippen molar-refractivity contribution in [2.45, 2.75) is 162 Å². The molecule has 1 aromatic rings. The largest absolute Gasteiger partial charge is 0.507 e. The van der Waals surface area contributed by atoms with Gasteiger partial charge < -0.3 is 10.8 Å². The Morgan fingerprint density at radius 3 is 1.52 bits per heavy atom. The molecule has 0 aliphatic carbocycles. The fourth-order valence-corrected chi connectivity index (χ4v) is 5.19. The summed E-state index contributed by atoms with van der Waals surface area (Å²) < 4.78 is 0. The predicted octanol–water partition coefficient (Wildman–Crippen LogP) is 9.96. The summed E-state index contributed by atoms with van der Waals surface area (Å²) in [6.45, 7) is 12.9. The average molecular weight is 460 g/mol. The van der Waals surface area contributed by atoms with Gasteiger partial charge in [0.05, 0.1) is 0 Å². The van der Waals surface area contributed by atoms with Gasteiger partial charge >= 0.3 is 0 Å². The van der Waals surface area contributed by atoms with Crippen LogP contribution in [-0.2, 0) is 5.41 Å². The van der Waals surface area contributed by atoms with Crippen molar-refractivity contribution >= 4 is 0 Å². The topological polar surface area (TPSA) is 46.2 Å². The van der Waals surface area contributed by atoms with Gasteiger partial charge in [-0.05, 0) is 47.9 Å². The molecule has 0 heterocycles. The number of unbranched alkanes of at least 4 members (excludes halogenated alkanes) is 15. The lowest BCUT2D eigenvalue weighted by Gasteiger charge is -2.26. The number of phenolic OH excluding ortho intramolecular Hbond substituents is 1. The van der Waals surface area contributed by atoms with E-state index in [1.54, 1.807) is 0 Å². The van der Waals surface area contributed by atoms with E-state index in [1.807, 2.05) is 6.92 Å². The van der Waals surface area contributed by atoms with E-state index in [4.69, 9.17) is 5.73 Å². The maximum atomic E-state index is 10.7. The van der Waals surface area contributed by atoms with Gasteiger partial charge in [0.2, 0.25) is 0 Å². The van der Waals surface area contributed by atoms with Crippen LogP contribution in [0.4, 0.5) is 0 Å². The number of benzene rings is 1. The number of hydrogen-bond acceptors (Lipinski definition) is 2. The second kappa shape index (κ2) is 16.6. The van der Waals surface area contributed by atoms with Gasteiger partial charge in [0, 0.05) is 6.04 Å². The molecule has 2 heteroatoms. The molecular formula is C31H57NO. The van der Waals surface area contributed by atoms with Crippen LogP contribution in [0.25, 0.3) is 0 Å². The fourth-order valence-electron chi connectivity index (χ4n) is 5.19. The highest BCUT2D eigenvalue weighted by Crippen LogP contribution is 2.38. The van der Waals surface area contributed by atoms with Crippen molar-refractivity contribution in [3.05, 3.63) is 28.3 Å². The first-order valence-corrected chi connectivity index (χ1v) is 14.3. The molecule has 1 atom stereocenters. The molecule has 0 amide bonds. The highest BCUT2D eigenvalue weighted by molar-refractivity contribution is 5.52. The summed E-state index contributed by atoms with van der Waals surface area (Å²) in [5.74, 6) is 0.436. The van der Waals surface area contributed by atoms with Gasteiger partial charge in [0.1, 0.15) is 5.75 Å². The van der Waals surface area contributed by atoms with Crippen molar-refractivity contribution in [2.24, 2.45) is 5.73 Å². The van der Waals surface area contributed by atoms with Crippen molar-refractivity contribution in [3.8, 4) is 5.75 Å². The number of aryl methyl sites for hydroxylation is 1. The van der Waals surface area contributed by atoms with E-state index in [9.17, 15) is 5.11 Å². The van der Waals surface area contributed by atoms with Crippen LogP contribution in [0.15, 0.2) is 6.07 Å². The summed E-state index contributed by atoms with van der Waals surface area (Å²) in [6, 6.07) is 2.17. The lowest BCUT2D eigenvalue weighted by molar-refractivity contribution is 0.439. The van der Waals surface area contributed by atoms with Gasteiger partial charge in [0.25, 0.3) is 0 Å². The molecule has 1 aromatic carbocycles. The van der Waals surface area contributed by atoms with Crippen molar-refractivity contribution in [1.82, 2.24) is 0 Å². The second-order valence-electron chi connectivity index (χ2n) is 11.6. The summed E-state index contributed by atoms with van der Waals surface area (Å²) in [5, 5.41) is 10.7. The van der Waals surface area contributed by atoms with Crippen molar-refractivity contribution in [3.63, 3.8) is 0 Å². The summed E-state index contributed by atoms with van der Waals surface area (Å²) in [4.78, 5) is 0. The minimum atomic E-state index is -0.0594. The Bertz CT molecular complexity index is 643. The van der Waals surface area contributed by atoms with Crippen LogP contribution < -0.4 is 5.73 Å². The molecule has 0 bridgehead atoms. The Balaban J connectivity index is 2.12. The monoisotopic (exact) mass is 459 g/mol. The molecule has 0 aliphatic rings. The van der Waals surface area contributed by atoms with Gasteiger partial charge in [-0.2, -0.15) is 0 Å². The van der Waals surface area contributed by atoms with Crippen molar-refractivity contribution < 1.29 is 5.11 Å². The van der Waals surface area contributed by atoms with Crippen molar-refractivity contribution in [1.29, 1.82) is 0 Å². The molecule has 1 unspecified atom stereocenters. The average Bonchev–Trinajstić information content (AvgIpc) is 2.75. The molecule has 0 aliphatic heterocycles. The number of phenols is 1. The van der Waals surface area contributed by atoms with Crippen LogP contribution in [0.1, 0.15) is 165 Å². The molecule has 0 saturated heterocycles. The zero-order valence-electron chi connectivity index (χ0n) is 23.2. The van der Waals surface area contributed by atoms with E-state index in [1.165, 1.54) is 108 Å². The molecular weight excluding hydrogens is 402 g/mol. The van der Waals surface area contributed by atoms with Crippen LogP contribution in [0, 0.1) is 13.8 Å². The van der Waals surface area contributed by atoms with Crippen LogP contribution in [-0.4, -0.2) is 5.11 Å². The maximum Gasteiger partial charge on any atom is 0.122 e. The smallest absolute Gasteiger partial charge is 0.122 e. The first-order valence-electron chi connectivity index (χ1n) is 14.3. The Labute approximate surface area is 207 Å². The van der Waals surface area contributed by atoms with Crippen molar-refractivity contribution in [2.75, 3.05) is 0 Å². The third-order valence-corrected chi connectivity index (χ3v) is 7.35. The fraction of sp³-hybridized carbons (Fsp3) is 0.806. The zero-order valence-corrected chi connectivity index (χ0v) is 23.2. The molecule has 2 nitrogen and oxygen atoms in total. The third-order valence-electron chi connectivity index (χ3n) is 7.35. The number of aromatic hydroxyl groups is 1. The highest BCUT2D eigenvalue weighted by atomic mass is 16.3. The van der Waals surface area contributed by atoms with E-state index in [0.29, 0.717) is 5.75 Å². The molecule has 0 fully saturated rings. The van der Waals surface area contributed by atoms with E-state index in [-0.39, 0.29) is 11.5 Å². The highest BCUT2D eigenvalue weighted by Gasteiger charge is 2.23. The maximum absolute atomic E-state index is 10.7.